The Morgan fingerprint density at radius 3 is 1.86 bits per heavy atom. The van der Waals surface area contributed by atoms with Crippen LogP contribution < -0.4 is 4.89 Å². The number of hydrogen-bond donors (Lipinski definition) is 3. The van der Waals surface area contributed by atoms with Gasteiger partial charge in [-0.3, -0.25) is 4.21 Å². The van der Waals surface area contributed by atoms with Gasteiger partial charge in [0.1, 0.15) is 0 Å². The van der Waals surface area contributed by atoms with Gasteiger partial charge >= 0.3 is 0 Å². The monoisotopic (exact) mass is 127 g/mol. The van der Waals surface area contributed by atoms with Crippen molar-refractivity contribution in [3.63, 3.8) is 0 Å². The zero-order chi connectivity index (χ0) is 6.28. The van der Waals surface area contributed by atoms with Gasteiger partial charge in [0.05, 0.1) is 0 Å². The summed E-state index contributed by atoms with van der Waals surface area (Å²) >= 11 is -2.52. The third-order valence-corrected chi connectivity index (χ3v) is 0.224. The predicted octanol–water partition coefficient (Wildman–Crippen LogP) is -0.909. The fourth-order valence-corrected chi connectivity index (χ4v) is 0. The lowest BCUT2D eigenvalue weighted by molar-refractivity contribution is 0.237. The van der Waals surface area contributed by atoms with Crippen molar-refractivity contribution in [3.05, 3.63) is 4.91 Å². The van der Waals surface area contributed by atoms with E-state index in [9.17, 15) is 0 Å². The minimum absolute atomic E-state index is 0.944. The molecule has 7 heavy (non-hydrogen) atoms. The first-order valence-electron chi connectivity index (χ1n) is 0.965. The van der Waals surface area contributed by atoms with Gasteiger partial charge in [0, 0.05) is 11.3 Å². The van der Waals surface area contributed by atoms with Crippen LogP contribution in [-0.4, -0.2) is 14.0 Å². The second-order valence-corrected chi connectivity index (χ2v) is 0.978. The van der Waals surface area contributed by atoms with Crippen LogP contribution in [0.1, 0.15) is 0 Å². The Morgan fingerprint density at radius 1 is 1.71 bits per heavy atom. The van der Waals surface area contributed by atoms with Crippen molar-refractivity contribution in [1.82, 2.24) is 4.89 Å². The highest BCUT2D eigenvalue weighted by atomic mass is 32.2. The molecule has 1 unspecified atom stereocenters. The minimum atomic E-state index is -2.52. The smallest absolute Gasteiger partial charge is 0.0425 e. The van der Waals surface area contributed by atoms with E-state index >= 15 is 0 Å². The number of nitroso groups, excluding NO2 is 1. The summed E-state index contributed by atoms with van der Waals surface area (Å²) in [7, 11) is 0. The molecule has 3 N–H and O–H groups in total. The predicted molar refractivity (Wildman–Crippen MR) is 19.9 cm³/mol. The third kappa shape index (κ3) is 27.9. The average molecular weight is 127 g/mol. The summed E-state index contributed by atoms with van der Waals surface area (Å²) in [5, 5.41) is 7.28. The highest BCUT2D eigenvalue weighted by Crippen LogP contribution is 1.46. The Balaban J connectivity index is 0. The standard InChI is InChI=1S/H3NO3S.HNO/c2-1-5(3)4;1-2/h1-2H,(H,3,4);1H/p-1. The van der Waals surface area contributed by atoms with Crippen LogP contribution in [0.25, 0.3) is 0 Å². The summed E-state index contributed by atoms with van der Waals surface area (Å²) in [4.78, 5) is 8.44. The Kier molecular flexibility index (Phi) is 12.8. The molecular weight excluding hydrogens is 124 g/mol. The average Bonchev–Trinajstić information content (AvgIpc) is 1.73. The van der Waals surface area contributed by atoms with E-state index in [1.807, 2.05) is 0 Å². The van der Waals surface area contributed by atoms with Crippen molar-refractivity contribution in [1.29, 1.82) is 5.59 Å². The maximum atomic E-state index is 9.01. The van der Waals surface area contributed by atoms with Crippen LogP contribution in [0.4, 0.5) is 0 Å². The molecular formula is H3N2O4S-. The van der Waals surface area contributed by atoms with Gasteiger partial charge in [-0.25, -0.2) is 0 Å². The van der Waals surface area contributed by atoms with E-state index in [2.05, 4.69) is 5.59 Å². The van der Waals surface area contributed by atoms with Gasteiger partial charge in [-0.2, -0.15) is 4.91 Å². The van der Waals surface area contributed by atoms with Crippen LogP contribution in [0, 0.1) is 10.5 Å². The molecule has 44 valence electrons. The molecule has 0 rings (SSSR count). The zero-order valence-corrected chi connectivity index (χ0v) is 3.90. The van der Waals surface area contributed by atoms with Crippen LogP contribution in [-0.2, 0) is 11.3 Å². The van der Waals surface area contributed by atoms with E-state index in [1.165, 1.54) is 0 Å². The SMILES string of the molecule is N=O.O=S([O-])NO. The van der Waals surface area contributed by atoms with E-state index < -0.39 is 11.3 Å². The molecule has 6 nitrogen and oxygen atoms in total. The number of nitrogens with one attached hydrogen (secondary N) is 2. The van der Waals surface area contributed by atoms with E-state index in [1.54, 1.807) is 0 Å². The molecule has 0 aliphatic heterocycles. The topological polar surface area (TPSA) is 113 Å². The summed E-state index contributed by atoms with van der Waals surface area (Å²) in [5.74, 6) is 0. The molecule has 0 heterocycles. The van der Waals surface area contributed by atoms with Crippen LogP contribution >= 0.6 is 0 Å². The molecule has 0 aliphatic carbocycles. The second kappa shape index (κ2) is 9.16. The quantitative estimate of drug-likeness (QED) is 0.240. The first-order chi connectivity index (χ1) is 3.27. The zero-order valence-electron chi connectivity index (χ0n) is 3.08. The fraction of sp³-hybridized carbons (Fsp3) is 0. The van der Waals surface area contributed by atoms with Crippen LogP contribution in [0.3, 0.4) is 0 Å². The van der Waals surface area contributed by atoms with Gasteiger partial charge in [0.15, 0.2) is 0 Å². The Hall–Kier alpha value is -0.370. The van der Waals surface area contributed by atoms with Crippen LogP contribution in [0.2, 0.25) is 0 Å². The first-order valence-corrected chi connectivity index (χ1v) is 2.04. The summed E-state index contributed by atoms with van der Waals surface area (Å²) in [6, 6.07) is 0. The number of hydrogen-bond acceptors (Lipinski definition) is 5. The molecule has 0 aliphatic rings. The lowest BCUT2D eigenvalue weighted by Gasteiger charge is -1.94. The molecule has 0 fully saturated rings. The summed E-state index contributed by atoms with van der Waals surface area (Å²) in [5.41, 5.74) is 4.50. The molecule has 0 radical (unpaired) electrons. The van der Waals surface area contributed by atoms with E-state index in [0.717, 1.165) is 4.89 Å². The van der Waals surface area contributed by atoms with Crippen molar-refractivity contribution in [2.75, 3.05) is 0 Å². The molecule has 0 aromatic carbocycles. The third-order valence-electron chi connectivity index (χ3n) is 0.0745. The summed E-state index contributed by atoms with van der Waals surface area (Å²) in [6.07, 6.45) is 0. The lowest BCUT2D eigenvalue weighted by atomic mass is 13.5. The Bertz CT molecular complexity index is 53.7. The highest BCUT2D eigenvalue weighted by molar-refractivity contribution is 7.76. The Labute approximate surface area is 41.7 Å². The maximum Gasteiger partial charge on any atom is 0.0425 e. The fourth-order valence-electron chi connectivity index (χ4n) is 0. The van der Waals surface area contributed by atoms with Crippen molar-refractivity contribution >= 4 is 11.3 Å². The van der Waals surface area contributed by atoms with Crippen molar-refractivity contribution in [2.45, 2.75) is 0 Å². The lowest BCUT2D eigenvalue weighted by Crippen LogP contribution is -2.08. The molecule has 0 spiro atoms. The molecule has 0 amide bonds. The van der Waals surface area contributed by atoms with Crippen molar-refractivity contribution in [3.8, 4) is 0 Å². The second-order valence-electron chi connectivity index (χ2n) is 0.326. The molecule has 7 heteroatoms. The van der Waals surface area contributed by atoms with Crippen LogP contribution in [0.5, 0.6) is 0 Å². The van der Waals surface area contributed by atoms with Crippen molar-refractivity contribution < 1.29 is 14.0 Å². The molecule has 0 saturated heterocycles. The largest absolute Gasteiger partial charge is 0.758 e. The van der Waals surface area contributed by atoms with Gasteiger partial charge in [0.25, 0.3) is 0 Å². The normalized spacial score (nSPS) is 11.1. The van der Waals surface area contributed by atoms with E-state index in [0.29, 0.717) is 0 Å². The first kappa shape index (κ1) is 9.80. The Morgan fingerprint density at radius 2 is 1.86 bits per heavy atom. The molecule has 0 aromatic heterocycles. The minimum Gasteiger partial charge on any atom is -0.758 e. The highest BCUT2D eigenvalue weighted by Gasteiger charge is 1.59. The molecule has 0 aromatic rings. The molecule has 0 bridgehead atoms. The van der Waals surface area contributed by atoms with E-state index in [4.69, 9.17) is 18.9 Å². The van der Waals surface area contributed by atoms with Gasteiger partial charge in [-0.15, -0.1) is 4.89 Å². The molecule has 1 atom stereocenters. The van der Waals surface area contributed by atoms with Gasteiger partial charge in [-0.1, -0.05) is 5.59 Å². The van der Waals surface area contributed by atoms with Crippen LogP contribution in [0.15, 0.2) is 0 Å². The van der Waals surface area contributed by atoms with Gasteiger partial charge in [-0.05, 0) is 0 Å². The number of rotatable bonds is 1. The maximum absolute atomic E-state index is 9.01. The molecule has 0 saturated carbocycles. The summed E-state index contributed by atoms with van der Waals surface area (Å²) < 4.78 is 18.0. The van der Waals surface area contributed by atoms with Gasteiger partial charge < -0.3 is 9.76 Å². The van der Waals surface area contributed by atoms with E-state index in [-0.39, 0.29) is 0 Å². The summed E-state index contributed by atoms with van der Waals surface area (Å²) in [6.45, 7) is 0. The van der Waals surface area contributed by atoms with Gasteiger partial charge in [0.2, 0.25) is 0 Å². The van der Waals surface area contributed by atoms with Crippen molar-refractivity contribution in [2.24, 2.45) is 0 Å².